The Labute approximate surface area is 122 Å². The summed E-state index contributed by atoms with van der Waals surface area (Å²) >= 11 is 0. The molecular weight excluding hydrogens is 268 g/mol. The molecule has 0 fully saturated rings. The number of aryl methyl sites for hydroxylation is 1. The molecule has 0 bridgehead atoms. The molecule has 6 nitrogen and oxygen atoms in total. The van der Waals surface area contributed by atoms with Crippen molar-refractivity contribution in [3.8, 4) is 17.1 Å². The minimum Gasteiger partial charge on any atom is -0.496 e. The molecule has 0 saturated heterocycles. The number of methoxy groups -OCH3 is 1. The average Bonchev–Trinajstić information content (AvgIpc) is 3.16. The van der Waals surface area contributed by atoms with Gasteiger partial charge in [-0.3, -0.25) is 0 Å². The smallest absolute Gasteiger partial charge is 0.181 e. The highest BCUT2D eigenvalue weighted by atomic mass is 16.5. The number of imidazole rings is 1. The summed E-state index contributed by atoms with van der Waals surface area (Å²) in [4.78, 5) is 8.02. The standard InChI is InChI=1S/C15H16N4O2/c1-19-9-16-6-12(19)7-18-11-3-4-13(14(5-11)20-2)15-8-17-10-21-15/h3-6,8-10,18H,7H2,1-2H3. The van der Waals surface area contributed by atoms with Gasteiger partial charge in [-0.2, -0.15) is 0 Å². The molecule has 0 atom stereocenters. The SMILES string of the molecule is COc1cc(NCc2cncn2C)ccc1-c1cnco1. The van der Waals surface area contributed by atoms with Crippen LogP contribution in [0.15, 0.2) is 47.7 Å². The fourth-order valence-electron chi connectivity index (χ4n) is 2.10. The summed E-state index contributed by atoms with van der Waals surface area (Å²) in [6, 6.07) is 5.87. The van der Waals surface area contributed by atoms with E-state index in [0.29, 0.717) is 12.3 Å². The van der Waals surface area contributed by atoms with Crippen molar-refractivity contribution in [1.82, 2.24) is 14.5 Å². The van der Waals surface area contributed by atoms with E-state index in [-0.39, 0.29) is 0 Å². The van der Waals surface area contributed by atoms with Crippen molar-refractivity contribution in [2.75, 3.05) is 12.4 Å². The highest BCUT2D eigenvalue weighted by molar-refractivity contribution is 5.69. The first-order valence-electron chi connectivity index (χ1n) is 6.54. The van der Waals surface area contributed by atoms with Gasteiger partial charge in [0, 0.05) is 25.0 Å². The predicted octanol–water partition coefficient (Wildman–Crippen LogP) is 2.70. The van der Waals surface area contributed by atoms with E-state index in [9.17, 15) is 0 Å². The summed E-state index contributed by atoms with van der Waals surface area (Å²) in [5, 5.41) is 3.35. The van der Waals surface area contributed by atoms with Gasteiger partial charge >= 0.3 is 0 Å². The van der Waals surface area contributed by atoms with E-state index in [1.807, 2.05) is 36.0 Å². The quantitative estimate of drug-likeness (QED) is 0.780. The second-order valence-corrected chi connectivity index (χ2v) is 4.63. The number of aromatic nitrogens is 3. The first-order chi connectivity index (χ1) is 10.3. The first kappa shape index (κ1) is 13.2. The van der Waals surface area contributed by atoms with E-state index in [1.54, 1.807) is 19.6 Å². The van der Waals surface area contributed by atoms with Gasteiger partial charge in [-0.05, 0) is 12.1 Å². The summed E-state index contributed by atoms with van der Waals surface area (Å²) in [6.45, 7) is 0.696. The maximum absolute atomic E-state index is 5.43. The molecule has 0 radical (unpaired) electrons. The highest BCUT2D eigenvalue weighted by Gasteiger charge is 2.10. The molecule has 0 unspecified atom stereocenters. The molecule has 0 aliphatic heterocycles. The Morgan fingerprint density at radius 1 is 1.29 bits per heavy atom. The van der Waals surface area contributed by atoms with Crippen LogP contribution in [-0.4, -0.2) is 21.6 Å². The molecule has 21 heavy (non-hydrogen) atoms. The fraction of sp³-hybridized carbons (Fsp3) is 0.200. The summed E-state index contributed by atoms with van der Waals surface area (Å²) < 4.78 is 12.7. The zero-order valence-electron chi connectivity index (χ0n) is 11.9. The maximum Gasteiger partial charge on any atom is 0.181 e. The second kappa shape index (κ2) is 5.70. The Balaban J connectivity index is 1.80. The van der Waals surface area contributed by atoms with Crippen molar-refractivity contribution < 1.29 is 9.15 Å². The van der Waals surface area contributed by atoms with E-state index in [4.69, 9.17) is 9.15 Å². The van der Waals surface area contributed by atoms with Crippen LogP contribution in [0.5, 0.6) is 5.75 Å². The van der Waals surface area contributed by atoms with Crippen LogP contribution in [0.25, 0.3) is 11.3 Å². The van der Waals surface area contributed by atoms with E-state index in [2.05, 4.69) is 15.3 Å². The van der Waals surface area contributed by atoms with Crippen LogP contribution < -0.4 is 10.1 Å². The Hall–Kier alpha value is -2.76. The van der Waals surface area contributed by atoms with Crippen LogP contribution in [0.2, 0.25) is 0 Å². The molecule has 2 heterocycles. The van der Waals surface area contributed by atoms with Crippen LogP contribution >= 0.6 is 0 Å². The molecule has 0 amide bonds. The van der Waals surface area contributed by atoms with Gasteiger partial charge in [0.1, 0.15) is 5.75 Å². The number of hydrogen-bond donors (Lipinski definition) is 1. The Morgan fingerprint density at radius 2 is 2.19 bits per heavy atom. The third-order valence-corrected chi connectivity index (χ3v) is 3.29. The monoisotopic (exact) mass is 284 g/mol. The summed E-state index contributed by atoms with van der Waals surface area (Å²) in [6.07, 6.45) is 6.70. The van der Waals surface area contributed by atoms with Gasteiger partial charge < -0.3 is 19.0 Å². The van der Waals surface area contributed by atoms with Gasteiger partial charge in [0.15, 0.2) is 12.2 Å². The zero-order chi connectivity index (χ0) is 14.7. The Morgan fingerprint density at radius 3 is 2.86 bits per heavy atom. The first-order valence-corrected chi connectivity index (χ1v) is 6.54. The third kappa shape index (κ3) is 2.74. The van der Waals surface area contributed by atoms with Crippen LogP contribution in [0, 0.1) is 0 Å². The molecule has 0 spiro atoms. The number of hydrogen-bond acceptors (Lipinski definition) is 5. The van der Waals surface area contributed by atoms with Gasteiger partial charge in [0.05, 0.1) is 37.4 Å². The Bertz CT molecular complexity index is 719. The van der Waals surface area contributed by atoms with Crippen LogP contribution in [0.1, 0.15) is 5.69 Å². The van der Waals surface area contributed by atoms with E-state index < -0.39 is 0 Å². The Kier molecular flexibility index (Phi) is 3.59. The van der Waals surface area contributed by atoms with E-state index in [1.165, 1.54) is 6.39 Å². The van der Waals surface area contributed by atoms with E-state index >= 15 is 0 Å². The van der Waals surface area contributed by atoms with Crippen molar-refractivity contribution in [3.63, 3.8) is 0 Å². The predicted molar refractivity (Wildman–Crippen MR) is 79.0 cm³/mol. The van der Waals surface area contributed by atoms with Crippen molar-refractivity contribution in [1.29, 1.82) is 0 Å². The van der Waals surface area contributed by atoms with Gasteiger partial charge in [0.25, 0.3) is 0 Å². The molecule has 1 aromatic carbocycles. The molecule has 3 aromatic rings. The number of anilines is 1. The number of benzene rings is 1. The molecule has 1 N–H and O–H groups in total. The maximum atomic E-state index is 5.43. The lowest BCUT2D eigenvalue weighted by Gasteiger charge is -2.11. The number of nitrogens with one attached hydrogen (secondary N) is 1. The van der Waals surface area contributed by atoms with Crippen molar-refractivity contribution >= 4 is 5.69 Å². The normalized spacial score (nSPS) is 10.6. The molecule has 108 valence electrons. The van der Waals surface area contributed by atoms with Crippen LogP contribution in [-0.2, 0) is 13.6 Å². The second-order valence-electron chi connectivity index (χ2n) is 4.63. The average molecular weight is 284 g/mol. The molecule has 0 aliphatic carbocycles. The van der Waals surface area contributed by atoms with Crippen LogP contribution in [0.4, 0.5) is 5.69 Å². The van der Waals surface area contributed by atoms with Crippen molar-refractivity contribution in [2.24, 2.45) is 7.05 Å². The zero-order valence-corrected chi connectivity index (χ0v) is 11.9. The minimum absolute atomic E-state index is 0.685. The lowest BCUT2D eigenvalue weighted by molar-refractivity contribution is 0.415. The van der Waals surface area contributed by atoms with Crippen molar-refractivity contribution in [3.05, 3.63) is 49.0 Å². The fourth-order valence-corrected chi connectivity index (χ4v) is 2.10. The van der Waals surface area contributed by atoms with Crippen LogP contribution in [0.3, 0.4) is 0 Å². The molecule has 2 aromatic heterocycles. The van der Waals surface area contributed by atoms with Gasteiger partial charge in [-0.25, -0.2) is 9.97 Å². The molecule has 0 aliphatic rings. The molecule has 6 heteroatoms. The lowest BCUT2D eigenvalue weighted by atomic mass is 10.1. The lowest BCUT2D eigenvalue weighted by Crippen LogP contribution is -2.04. The molecular formula is C15H16N4O2. The highest BCUT2D eigenvalue weighted by Crippen LogP contribution is 2.32. The van der Waals surface area contributed by atoms with Gasteiger partial charge in [-0.1, -0.05) is 0 Å². The van der Waals surface area contributed by atoms with Gasteiger partial charge in [-0.15, -0.1) is 0 Å². The number of nitrogens with zero attached hydrogens (tertiary/aromatic N) is 3. The third-order valence-electron chi connectivity index (χ3n) is 3.29. The summed E-state index contributed by atoms with van der Waals surface area (Å²) in [5.41, 5.74) is 2.95. The molecule has 3 rings (SSSR count). The number of rotatable bonds is 5. The van der Waals surface area contributed by atoms with E-state index in [0.717, 1.165) is 22.7 Å². The number of oxazole rings is 1. The van der Waals surface area contributed by atoms with Gasteiger partial charge in [0.2, 0.25) is 0 Å². The van der Waals surface area contributed by atoms with Crippen molar-refractivity contribution in [2.45, 2.75) is 6.54 Å². The summed E-state index contributed by atoms with van der Waals surface area (Å²) in [7, 11) is 3.61. The topological polar surface area (TPSA) is 65.1 Å². The largest absolute Gasteiger partial charge is 0.496 e. The molecule has 0 saturated carbocycles. The summed E-state index contributed by atoms with van der Waals surface area (Å²) in [5.74, 6) is 1.42. The number of ether oxygens (including phenoxy) is 1. The minimum atomic E-state index is 0.685.